The first-order valence-corrected chi connectivity index (χ1v) is 12.0. The fraction of sp³-hybridized carbons (Fsp3) is 0.179. The van der Waals surface area contributed by atoms with Gasteiger partial charge in [0.25, 0.3) is 5.91 Å². The lowest BCUT2D eigenvalue weighted by atomic mass is 10.1. The van der Waals surface area contributed by atoms with Crippen molar-refractivity contribution in [2.45, 2.75) is 25.5 Å². The number of benzene rings is 3. The first-order chi connectivity index (χ1) is 16.9. The number of nitrogens with zero attached hydrogens (tertiary/aromatic N) is 2. The first-order valence-electron chi connectivity index (χ1n) is 11.1. The van der Waals surface area contributed by atoms with Crippen LogP contribution in [0.3, 0.4) is 0 Å². The van der Waals surface area contributed by atoms with E-state index in [1.165, 1.54) is 16.7 Å². The Morgan fingerprint density at radius 3 is 2.49 bits per heavy atom. The molecule has 0 radical (unpaired) electrons. The van der Waals surface area contributed by atoms with Crippen LogP contribution in [-0.4, -0.2) is 24.2 Å². The highest BCUT2D eigenvalue weighted by atomic mass is 32.2. The van der Waals surface area contributed by atoms with Crippen LogP contribution in [0.25, 0.3) is 0 Å². The van der Waals surface area contributed by atoms with Crippen molar-refractivity contribution in [1.82, 2.24) is 0 Å². The van der Waals surface area contributed by atoms with E-state index in [1.807, 2.05) is 80.6 Å². The van der Waals surface area contributed by atoms with E-state index in [2.05, 4.69) is 11.4 Å². The van der Waals surface area contributed by atoms with E-state index in [9.17, 15) is 14.9 Å². The van der Waals surface area contributed by atoms with E-state index in [-0.39, 0.29) is 11.5 Å². The largest absolute Gasteiger partial charge is 0.497 e. The quantitative estimate of drug-likeness (QED) is 0.376. The highest BCUT2D eigenvalue weighted by Crippen LogP contribution is 2.43. The van der Waals surface area contributed by atoms with Crippen LogP contribution in [0.5, 0.6) is 5.75 Å². The summed E-state index contributed by atoms with van der Waals surface area (Å²) in [4.78, 5) is 28.4. The second kappa shape index (κ2) is 10.5. The maximum atomic E-state index is 13.6. The smallest absolute Gasteiger partial charge is 0.269 e. The molecule has 0 unspecified atom stereocenters. The molecular formula is C28H25N3O3S. The molecule has 0 saturated carbocycles. The van der Waals surface area contributed by atoms with E-state index < -0.39 is 11.2 Å². The van der Waals surface area contributed by atoms with Gasteiger partial charge in [-0.2, -0.15) is 5.26 Å². The molecule has 176 valence electrons. The summed E-state index contributed by atoms with van der Waals surface area (Å²) in [5.41, 5.74) is 3.99. The SMILES string of the molecule is COc1ccc(C[C@H]2S/C(=C(/C#N)C(=O)Nc3cccc(C)c3)N(c3ccccc3C)C2=O)cc1. The number of carbonyl (C=O) groups is 2. The molecule has 35 heavy (non-hydrogen) atoms. The molecule has 6 nitrogen and oxygen atoms in total. The lowest BCUT2D eigenvalue weighted by Crippen LogP contribution is -2.31. The van der Waals surface area contributed by atoms with Crippen molar-refractivity contribution < 1.29 is 14.3 Å². The lowest BCUT2D eigenvalue weighted by molar-refractivity contribution is -0.117. The third kappa shape index (κ3) is 5.23. The number of anilines is 2. The number of hydrogen-bond acceptors (Lipinski definition) is 5. The number of hydrogen-bond donors (Lipinski definition) is 1. The fourth-order valence-electron chi connectivity index (χ4n) is 3.91. The summed E-state index contributed by atoms with van der Waals surface area (Å²) in [6.45, 7) is 3.83. The third-order valence-electron chi connectivity index (χ3n) is 5.72. The van der Waals surface area contributed by atoms with Crippen molar-refractivity contribution in [1.29, 1.82) is 5.26 Å². The van der Waals surface area contributed by atoms with E-state index >= 15 is 0 Å². The van der Waals surface area contributed by atoms with Crippen molar-refractivity contribution in [2.75, 3.05) is 17.3 Å². The molecule has 0 aliphatic carbocycles. The van der Waals surface area contributed by atoms with Gasteiger partial charge >= 0.3 is 0 Å². The third-order valence-corrected chi connectivity index (χ3v) is 6.98. The average molecular weight is 484 g/mol. The van der Waals surface area contributed by atoms with Crippen LogP contribution in [0.1, 0.15) is 16.7 Å². The molecule has 1 atom stereocenters. The molecule has 0 aromatic heterocycles. The summed E-state index contributed by atoms with van der Waals surface area (Å²) in [5.74, 6) is 0.0316. The summed E-state index contributed by atoms with van der Waals surface area (Å²) >= 11 is 1.25. The van der Waals surface area contributed by atoms with Crippen LogP contribution >= 0.6 is 11.8 Å². The van der Waals surface area contributed by atoms with Gasteiger partial charge in [-0.3, -0.25) is 14.5 Å². The summed E-state index contributed by atoms with van der Waals surface area (Å²) in [5, 5.41) is 12.7. The molecule has 1 fully saturated rings. The molecule has 3 aromatic rings. The number of para-hydroxylation sites is 1. The van der Waals surface area contributed by atoms with Crippen LogP contribution in [0.2, 0.25) is 0 Å². The minimum Gasteiger partial charge on any atom is -0.497 e. The van der Waals surface area contributed by atoms with Crippen molar-refractivity contribution >= 4 is 35.0 Å². The van der Waals surface area contributed by atoms with Gasteiger partial charge in [0, 0.05) is 5.69 Å². The maximum absolute atomic E-state index is 13.6. The number of nitrogens with one attached hydrogen (secondary N) is 1. The molecule has 0 spiro atoms. The summed E-state index contributed by atoms with van der Waals surface area (Å²) in [6.07, 6.45) is 0.456. The number of thioether (sulfide) groups is 1. The Balaban J connectivity index is 1.72. The van der Waals surface area contributed by atoms with Gasteiger partial charge in [0.05, 0.1) is 18.0 Å². The molecule has 4 rings (SSSR count). The normalized spacial score (nSPS) is 16.6. The minimum atomic E-state index is -0.544. The predicted octanol–water partition coefficient (Wildman–Crippen LogP) is 5.38. The zero-order chi connectivity index (χ0) is 24.9. The van der Waals surface area contributed by atoms with Crippen molar-refractivity contribution in [2.24, 2.45) is 0 Å². The van der Waals surface area contributed by atoms with E-state index in [0.29, 0.717) is 22.8 Å². The van der Waals surface area contributed by atoms with Crippen LogP contribution in [0.15, 0.2) is 83.4 Å². The molecule has 1 aliphatic heterocycles. The molecule has 0 bridgehead atoms. The predicted molar refractivity (Wildman–Crippen MR) is 139 cm³/mol. The Morgan fingerprint density at radius 2 is 1.83 bits per heavy atom. The summed E-state index contributed by atoms with van der Waals surface area (Å²) in [7, 11) is 1.60. The Hall–Kier alpha value is -4.02. The number of carbonyl (C=O) groups excluding carboxylic acids is 2. The Morgan fingerprint density at radius 1 is 1.09 bits per heavy atom. The molecule has 1 saturated heterocycles. The van der Waals surface area contributed by atoms with Gasteiger partial charge in [-0.25, -0.2) is 0 Å². The van der Waals surface area contributed by atoms with Gasteiger partial charge in [0.1, 0.15) is 22.4 Å². The number of amides is 2. The molecule has 2 amide bonds. The summed E-state index contributed by atoms with van der Waals surface area (Å²) < 4.78 is 5.23. The van der Waals surface area contributed by atoms with Crippen LogP contribution in [0, 0.1) is 25.2 Å². The second-order valence-electron chi connectivity index (χ2n) is 8.23. The monoisotopic (exact) mass is 483 g/mol. The van der Waals surface area contributed by atoms with Crippen LogP contribution < -0.4 is 15.0 Å². The molecule has 1 N–H and O–H groups in total. The zero-order valence-electron chi connectivity index (χ0n) is 19.7. The first kappa shape index (κ1) is 24.1. The van der Waals surface area contributed by atoms with Crippen molar-refractivity contribution in [3.8, 4) is 11.8 Å². The fourth-order valence-corrected chi connectivity index (χ4v) is 5.21. The van der Waals surface area contributed by atoms with E-state index in [0.717, 1.165) is 22.4 Å². The molecule has 7 heteroatoms. The topological polar surface area (TPSA) is 82.4 Å². The second-order valence-corrected chi connectivity index (χ2v) is 9.43. The average Bonchev–Trinajstić information content (AvgIpc) is 3.15. The molecular weight excluding hydrogens is 458 g/mol. The van der Waals surface area contributed by atoms with Gasteiger partial charge in [0.2, 0.25) is 5.91 Å². The van der Waals surface area contributed by atoms with Gasteiger partial charge in [-0.05, 0) is 67.3 Å². The molecule has 1 aliphatic rings. The van der Waals surface area contributed by atoms with Crippen molar-refractivity contribution in [3.05, 3.63) is 100 Å². The standard InChI is InChI=1S/C28H25N3O3S/c1-18-7-6-9-21(15-18)30-26(32)23(17-29)28-31(24-10-5-4-8-19(24)2)27(33)25(35-28)16-20-11-13-22(34-3)14-12-20/h4-15,25H,16H2,1-3H3,(H,30,32)/b28-23-/t25-/m1/s1. The Labute approximate surface area is 209 Å². The van der Waals surface area contributed by atoms with Crippen LogP contribution in [-0.2, 0) is 16.0 Å². The Bertz CT molecular complexity index is 1340. The molecule has 1 heterocycles. The van der Waals surface area contributed by atoms with Crippen LogP contribution in [0.4, 0.5) is 11.4 Å². The van der Waals surface area contributed by atoms with Gasteiger partial charge in [-0.1, -0.05) is 54.2 Å². The number of aryl methyl sites for hydroxylation is 2. The van der Waals surface area contributed by atoms with Crippen molar-refractivity contribution in [3.63, 3.8) is 0 Å². The highest BCUT2D eigenvalue weighted by Gasteiger charge is 2.41. The zero-order valence-corrected chi connectivity index (χ0v) is 20.6. The molecule has 3 aromatic carbocycles. The van der Waals surface area contributed by atoms with Gasteiger partial charge in [0.15, 0.2) is 0 Å². The van der Waals surface area contributed by atoms with Gasteiger partial charge in [-0.15, -0.1) is 0 Å². The number of rotatable bonds is 6. The maximum Gasteiger partial charge on any atom is 0.269 e. The minimum absolute atomic E-state index is 0.0923. The summed E-state index contributed by atoms with van der Waals surface area (Å²) in [6, 6.07) is 24.4. The Kier molecular flexibility index (Phi) is 7.23. The number of methoxy groups -OCH3 is 1. The lowest BCUT2D eigenvalue weighted by Gasteiger charge is -2.20. The number of ether oxygens (including phenoxy) is 1. The van der Waals surface area contributed by atoms with Gasteiger partial charge < -0.3 is 10.1 Å². The van der Waals surface area contributed by atoms with E-state index in [4.69, 9.17) is 4.74 Å². The number of nitriles is 1. The van der Waals surface area contributed by atoms with E-state index in [1.54, 1.807) is 13.2 Å². The highest BCUT2D eigenvalue weighted by molar-refractivity contribution is 8.05.